The van der Waals surface area contributed by atoms with Crippen LogP contribution in [0, 0.1) is 28.8 Å². The SMILES string of the molecule is Cc1cc(N2CCC(CCN)CC2)c([N+](=O)[O-])cc1F. The first-order valence-corrected chi connectivity index (χ1v) is 6.92. The molecular weight excluding hydrogens is 261 g/mol. The molecule has 1 aromatic carbocycles. The molecule has 0 aliphatic carbocycles. The van der Waals surface area contributed by atoms with Gasteiger partial charge in [0.1, 0.15) is 11.5 Å². The lowest BCUT2D eigenvalue weighted by molar-refractivity contribution is -0.384. The van der Waals surface area contributed by atoms with Gasteiger partial charge in [0, 0.05) is 13.1 Å². The van der Waals surface area contributed by atoms with Gasteiger partial charge < -0.3 is 10.6 Å². The van der Waals surface area contributed by atoms with Crippen LogP contribution in [0.2, 0.25) is 0 Å². The zero-order chi connectivity index (χ0) is 14.7. The minimum absolute atomic E-state index is 0.148. The third-order valence-electron chi connectivity index (χ3n) is 3.98. The smallest absolute Gasteiger partial charge is 0.295 e. The Kier molecular flexibility index (Phi) is 4.54. The summed E-state index contributed by atoms with van der Waals surface area (Å²) >= 11 is 0. The lowest BCUT2D eigenvalue weighted by atomic mass is 9.93. The fourth-order valence-corrected chi connectivity index (χ4v) is 2.75. The lowest BCUT2D eigenvalue weighted by Gasteiger charge is -2.33. The van der Waals surface area contributed by atoms with Crippen LogP contribution >= 0.6 is 0 Å². The molecule has 110 valence electrons. The Balaban J connectivity index is 2.21. The average molecular weight is 281 g/mol. The van der Waals surface area contributed by atoms with Crippen LogP contribution in [-0.4, -0.2) is 24.6 Å². The van der Waals surface area contributed by atoms with E-state index in [0.29, 0.717) is 23.7 Å². The Morgan fingerprint density at radius 2 is 2.10 bits per heavy atom. The van der Waals surface area contributed by atoms with Crippen molar-refractivity contribution < 1.29 is 9.31 Å². The van der Waals surface area contributed by atoms with E-state index in [1.165, 1.54) is 0 Å². The maximum Gasteiger partial charge on any atom is 0.295 e. The maximum atomic E-state index is 13.5. The molecular formula is C14H20FN3O2. The number of aryl methyl sites for hydroxylation is 1. The molecule has 1 aromatic rings. The molecule has 20 heavy (non-hydrogen) atoms. The lowest BCUT2D eigenvalue weighted by Crippen LogP contribution is -2.34. The van der Waals surface area contributed by atoms with Crippen LogP contribution in [0.4, 0.5) is 15.8 Å². The minimum atomic E-state index is -0.529. The van der Waals surface area contributed by atoms with Gasteiger partial charge in [-0.2, -0.15) is 0 Å². The van der Waals surface area contributed by atoms with Crippen LogP contribution in [0.15, 0.2) is 12.1 Å². The van der Waals surface area contributed by atoms with Crippen LogP contribution in [-0.2, 0) is 0 Å². The molecule has 2 N–H and O–H groups in total. The van der Waals surface area contributed by atoms with Crippen molar-refractivity contribution in [3.63, 3.8) is 0 Å². The summed E-state index contributed by atoms with van der Waals surface area (Å²) in [7, 11) is 0. The number of nitro benzene ring substituents is 1. The summed E-state index contributed by atoms with van der Waals surface area (Å²) in [6.07, 6.45) is 2.95. The molecule has 5 nitrogen and oxygen atoms in total. The van der Waals surface area contributed by atoms with E-state index in [-0.39, 0.29) is 5.69 Å². The van der Waals surface area contributed by atoms with Gasteiger partial charge in [0.05, 0.1) is 11.0 Å². The van der Waals surface area contributed by atoms with Crippen molar-refractivity contribution in [1.82, 2.24) is 0 Å². The van der Waals surface area contributed by atoms with Gasteiger partial charge in [0.25, 0.3) is 5.69 Å². The molecule has 0 atom stereocenters. The first-order valence-electron chi connectivity index (χ1n) is 6.92. The van der Waals surface area contributed by atoms with Crippen molar-refractivity contribution in [2.24, 2.45) is 11.7 Å². The summed E-state index contributed by atoms with van der Waals surface area (Å²) in [6, 6.07) is 2.60. The summed E-state index contributed by atoms with van der Waals surface area (Å²) in [5.74, 6) is 0.0651. The van der Waals surface area contributed by atoms with Gasteiger partial charge in [-0.15, -0.1) is 0 Å². The third kappa shape index (κ3) is 3.07. The van der Waals surface area contributed by atoms with Crippen molar-refractivity contribution in [2.75, 3.05) is 24.5 Å². The Labute approximate surface area is 117 Å². The van der Waals surface area contributed by atoms with Crippen LogP contribution < -0.4 is 10.6 Å². The molecule has 0 radical (unpaired) electrons. The zero-order valence-electron chi connectivity index (χ0n) is 11.6. The Hall–Kier alpha value is -1.69. The summed E-state index contributed by atoms with van der Waals surface area (Å²) in [4.78, 5) is 12.6. The molecule has 0 unspecified atom stereocenters. The van der Waals surface area contributed by atoms with Crippen molar-refractivity contribution in [3.8, 4) is 0 Å². The summed E-state index contributed by atoms with van der Waals surface area (Å²) in [6.45, 7) is 3.83. The van der Waals surface area contributed by atoms with E-state index in [4.69, 9.17) is 5.73 Å². The van der Waals surface area contributed by atoms with E-state index >= 15 is 0 Å². The molecule has 1 aliphatic heterocycles. The normalized spacial score (nSPS) is 16.4. The number of nitrogens with two attached hydrogens (primary N) is 1. The van der Waals surface area contributed by atoms with Gasteiger partial charge in [-0.05, 0) is 50.3 Å². The molecule has 6 heteroatoms. The zero-order valence-corrected chi connectivity index (χ0v) is 11.6. The second-order valence-electron chi connectivity index (χ2n) is 5.35. The van der Waals surface area contributed by atoms with E-state index in [1.807, 2.05) is 4.90 Å². The van der Waals surface area contributed by atoms with Gasteiger partial charge in [0.15, 0.2) is 0 Å². The van der Waals surface area contributed by atoms with Crippen molar-refractivity contribution in [1.29, 1.82) is 0 Å². The highest BCUT2D eigenvalue weighted by molar-refractivity contribution is 5.65. The number of nitro groups is 1. The molecule has 1 saturated heterocycles. The van der Waals surface area contributed by atoms with Gasteiger partial charge in [-0.25, -0.2) is 4.39 Å². The first kappa shape index (κ1) is 14.7. The largest absolute Gasteiger partial charge is 0.366 e. The fourth-order valence-electron chi connectivity index (χ4n) is 2.75. The summed E-state index contributed by atoms with van der Waals surface area (Å²) < 4.78 is 13.5. The highest BCUT2D eigenvalue weighted by atomic mass is 19.1. The number of hydrogen-bond acceptors (Lipinski definition) is 4. The average Bonchev–Trinajstić information content (AvgIpc) is 2.42. The second kappa shape index (κ2) is 6.17. The van der Waals surface area contributed by atoms with Gasteiger partial charge >= 0.3 is 0 Å². The molecule has 1 aliphatic rings. The van der Waals surface area contributed by atoms with E-state index < -0.39 is 10.7 Å². The van der Waals surface area contributed by atoms with Gasteiger partial charge in [-0.1, -0.05) is 0 Å². The predicted octanol–water partition coefficient (Wildman–Crippen LogP) is 2.61. The molecule has 0 saturated carbocycles. The van der Waals surface area contributed by atoms with Gasteiger partial charge in [0.2, 0.25) is 0 Å². The number of nitrogens with zero attached hydrogens (tertiary/aromatic N) is 2. The standard InChI is InChI=1S/C14H20FN3O2/c1-10-8-13(14(18(19)20)9-12(10)15)17-6-3-11(2-5-16)4-7-17/h8-9,11H,2-7,16H2,1H3. The van der Waals surface area contributed by atoms with Crippen LogP contribution in [0.5, 0.6) is 0 Å². The molecule has 0 aromatic heterocycles. The predicted molar refractivity (Wildman–Crippen MR) is 76.4 cm³/mol. The molecule has 1 fully saturated rings. The minimum Gasteiger partial charge on any atom is -0.366 e. The number of piperidine rings is 1. The number of rotatable bonds is 4. The van der Waals surface area contributed by atoms with E-state index in [1.54, 1.807) is 13.0 Å². The number of benzene rings is 1. The van der Waals surface area contributed by atoms with E-state index in [2.05, 4.69) is 0 Å². The van der Waals surface area contributed by atoms with Crippen LogP contribution in [0.25, 0.3) is 0 Å². The quantitative estimate of drug-likeness (QED) is 0.680. The molecule has 2 rings (SSSR count). The molecule has 1 heterocycles. The second-order valence-corrected chi connectivity index (χ2v) is 5.35. The van der Waals surface area contributed by atoms with Gasteiger partial charge in [-0.3, -0.25) is 10.1 Å². The topological polar surface area (TPSA) is 72.4 Å². The summed E-state index contributed by atoms with van der Waals surface area (Å²) in [5.41, 5.74) is 6.38. The molecule has 0 bridgehead atoms. The Morgan fingerprint density at radius 1 is 1.45 bits per heavy atom. The van der Waals surface area contributed by atoms with Crippen molar-refractivity contribution >= 4 is 11.4 Å². The third-order valence-corrected chi connectivity index (χ3v) is 3.98. The van der Waals surface area contributed by atoms with E-state index in [9.17, 15) is 14.5 Å². The fraction of sp³-hybridized carbons (Fsp3) is 0.571. The Morgan fingerprint density at radius 3 is 2.65 bits per heavy atom. The number of halogens is 1. The molecule has 0 amide bonds. The maximum absolute atomic E-state index is 13.5. The van der Waals surface area contributed by atoms with Crippen molar-refractivity contribution in [3.05, 3.63) is 33.6 Å². The van der Waals surface area contributed by atoms with Crippen LogP contribution in [0.1, 0.15) is 24.8 Å². The monoisotopic (exact) mass is 281 g/mol. The van der Waals surface area contributed by atoms with Crippen LogP contribution in [0.3, 0.4) is 0 Å². The van der Waals surface area contributed by atoms with E-state index in [0.717, 1.165) is 38.4 Å². The highest BCUT2D eigenvalue weighted by Gasteiger charge is 2.25. The number of anilines is 1. The Bertz CT molecular complexity index is 499. The first-order chi connectivity index (χ1) is 9.52. The summed E-state index contributed by atoms with van der Waals surface area (Å²) in [5, 5.41) is 11.1. The van der Waals surface area contributed by atoms with Crippen molar-refractivity contribution in [2.45, 2.75) is 26.2 Å². The highest BCUT2D eigenvalue weighted by Crippen LogP contribution is 2.34. The number of hydrogen-bond donors (Lipinski definition) is 1. The molecule has 0 spiro atoms.